The lowest BCUT2D eigenvalue weighted by atomic mass is 10.1. The number of hydrogen-bond donors (Lipinski definition) is 1. The highest BCUT2D eigenvalue weighted by Crippen LogP contribution is 2.44. The van der Waals surface area contributed by atoms with Gasteiger partial charge in [-0.1, -0.05) is 6.92 Å². The monoisotopic (exact) mass is 361 g/mol. The van der Waals surface area contributed by atoms with E-state index < -0.39 is 0 Å². The summed E-state index contributed by atoms with van der Waals surface area (Å²) in [5.74, 6) is 1.66. The first-order valence-electron chi connectivity index (χ1n) is 9.49. The van der Waals surface area contributed by atoms with Crippen molar-refractivity contribution in [3.8, 4) is 11.3 Å². The third-order valence-electron chi connectivity index (χ3n) is 5.57. The van der Waals surface area contributed by atoms with Crippen LogP contribution in [0.5, 0.6) is 0 Å². The lowest BCUT2D eigenvalue weighted by Gasteiger charge is -2.09. The van der Waals surface area contributed by atoms with Crippen LogP contribution in [-0.2, 0) is 6.54 Å². The van der Waals surface area contributed by atoms with E-state index in [1.54, 1.807) is 0 Å². The summed E-state index contributed by atoms with van der Waals surface area (Å²) in [5, 5.41) is 7.96. The quantitative estimate of drug-likeness (QED) is 0.587. The first-order chi connectivity index (χ1) is 13.1. The first kappa shape index (κ1) is 16.2. The maximum absolute atomic E-state index is 4.87. The summed E-state index contributed by atoms with van der Waals surface area (Å²) in [5.41, 5.74) is 5.15. The largest absolute Gasteiger partial charge is 0.352 e. The number of nitrogens with one attached hydrogen (secondary N) is 1. The molecule has 138 valence electrons. The topological polar surface area (TPSA) is 72.9 Å². The van der Waals surface area contributed by atoms with Crippen LogP contribution in [0.1, 0.15) is 32.5 Å². The van der Waals surface area contributed by atoms with Gasteiger partial charge in [0.1, 0.15) is 11.3 Å². The van der Waals surface area contributed by atoms with Crippen LogP contribution in [0.2, 0.25) is 0 Å². The van der Waals surface area contributed by atoms with Gasteiger partial charge in [-0.3, -0.25) is 0 Å². The van der Waals surface area contributed by atoms with Crippen molar-refractivity contribution < 1.29 is 0 Å². The van der Waals surface area contributed by atoms with Crippen molar-refractivity contribution in [2.75, 3.05) is 11.9 Å². The number of imidazole rings is 1. The van der Waals surface area contributed by atoms with Gasteiger partial charge in [0.15, 0.2) is 5.65 Å². The van der Waals surface area contributed by atoms with E-state index in [4.69, 9.17) is 4.98 Å². The van der Waals surface area contributed by atoms with E-state index in [1.165, 1.54) is 12.8 Å². The molecule has 1 fully saturated rings. The second-order valence-corrected chi connectivity index (χ2v) is 7.75. The van der Waals surface area contributed by atoms with Gasteiger partial charge in [-0.25, -0.2) is 19.5 Å². The van der Waals surface area contributed by atoms with Gasteiger partial charge in [-0.2, -0.15) is 0 Å². The normalized spacial score (nSPS) is 15.5. The van der Waals surface area contributed by atoms with Crippen molar-refractivity contribution in [2.24, 2.45) is 5.41 Å². The highest BCUT2D eigenvalue weighted by molar-refractivity contribution is 5.82. The minimum atomic E-state index is 0.417. The molecule has 7 heteroatoms. The molecule has 0 bridgehead atoms. The SMILES string of the molecule is CCn1c(C)nc2ccc(-c3ccn4nc(NCC5(C)CC5)ncc34)nc21. The summed E-state index contributed by atoms with van der Waals surface area (Å²) in [6, 6.07) is 6.10. The fourth-order valence-corrected chi connectivity index (χ4v) is 3.52. The molecule has 0 spiro atoms. The van der Waals surface area contributed by atoms with Crippen LogP contribution in [0, 0.1) is 12.3 Å². The molecule has 27 heavy (non-hydrogen) atoms. The van der Waals surface area contributed by atoms with E-state index in [2.05, 4.69) is 38.8 Å². The van der Waals surface area contributed by atoms with Gasteiger partial charge in [0, 0.05) is 24.8 Å². The highest BCUT2D eigenvalue weighted by Gasteiger charge is 2.37. The Labute approximate surface area is 157 Å². The Bertz CT molecular complexity index is 1150. The zero-order valence-electron chi connectivity index (χ0n) is 15.9. The fraction of sp³-hybridized carbons (Fsp3) is 0.400. The summed E-state index contributed by atoms with van der Waals surface area (Å²) in [6.45, 7) is 8.19. The molecule has 0 unspecified atom stereocenters. The van der Waals surface area contributed by atoms with Crippen molar-refractivity contribution in [1.29, 1.82) is 0 Å². The Morgan fingerprint density at radius 3 is 2.81 bits per heavy atom. The van der Waals surface area contributed by atoms with Gasteiger partial charge in [-0.15, -0.1) is 5.10 Å². The molecule has 1 N–H and O–H groups in total. The molecule has 1 saturated carbocycles. The predicted octanol–water partition coefficient (Wildman–Crippen LogP) is 3.68. The number of anilines is 1. The van der Waals surface area contributed by atoms with E-state index in [0.29, 0.717) is 11.4 Å². The molecule has 0 saturated heterocycles. The minimum Gasteiger partial charge on any atom is -0.352 e. The second kappa shape index (κ2) is 5.77. The number of nitrogens with zero attached hydrogens (tertiary/aromatic N) is 6. The van der Waals surface area contributed by atoms with Crippen molar-refractivity contribution in [3.05, 3.63) is 36.4 Å². The molecule has 0 radical (unpaired) electrons. The molecular weight excluding hydrogens is 338 g/mol. The number of aryl methyl sites for hydroxylation is 2. The average molecular weight is 361 g/mol. The van der Waals surface area contributed by atoms with Crippen molar-refractivity contribution in [1.82, 2.24) is 29.1 Å². The predicted molar refractivity (Wildman–Crippen MR) is 106 cm³/mol. The standard InChI is InChI=1S/C20H23N7/c1-4-26-13(2)23-16-6-5-15(24-18(16)26)14-7-10-27-17(14)11-21-19(25-27)22-12-20(3)8-9-20/h5-7,10-11H,4,8-9,12H2,1-3H3,(H,22,25). The van der Waals surface area contributed by atoms with Gasteiger partial charge >= 0.3 is 0 Å². The Morgan fingerprint density at radius 1 is 1.19 bits per heavy atom. The fourth-order valence-electron chi connectivity index (χ4n) is 3.52. The van der Waals surface area contributed by atoms with E-state index in [0.717, 1.165) is 46.9 Å². The third-order valence-corrected chi connectivity index (χ3v) is 5.57. The zero-order chi connectivity index (χ0) is 18.6. The van der Waals surface area contributed by atoms with Gasteiger partial charge in [-0.05, 0) is 50.3 Å². The maximum Gasteiger partial charge on any atom is 0.241 e. The highest BCUT2D eigenvalue weighted by atomic mass is 15.3. The number of aromatic nitrogens is 6. The number of pyridine rings is 1. The molecule has 1 aliphatic carbocycles. The molecule has 5 rings (SSSR count). The van der Waals surface area contributed by atoms with Crippen LogP contribution in [0.3, 0.4) is 0 Å². The number of hydrogen-bond acceptors (Lipinski definition) is 5. The van der Waals surface area contributed by atoms with E-state index in [9.17, 15) is 0 Å². The van der Waals surface area contributed by atoms with Gasteiger partial charge in [0.05, 0.1) is 17.4 Å². The molecule has 7 nitrogen and oxygen atoms in total. The lowest BCUT2D eigenvalue weighted by molar-refractivity contribution is 0.606. The van der Waals surface area contributed by atoms with Crippen LogP contribution in [0.15, 0.2) is 30.6 Å². The summed E-state index contributed by atoms with van der Waals surface area (Å²) in [4.78, 5) is 14.0. The molecule has 4 heterocycles. The van der Waals surface area contributed by atoms with Crippen molar-refractivity contribution in [3.63, 3.8) is 0 Å². The van der Waals surface area contributed by atoms with Crippen LogP contribution < -0.4 is 5.32 Å². The second-order valence-electron chi connectivity index (χ2n) is 7.75. The number of rotatable bonds is 5. The Balaban J connectivity index is 1.52. The summed E-state index contributed by atoms with van der Waals surface area (Å²) < 4.78 is 4.00. The Hall–Kier alpha value is -2.96. The number of fused-ring (bicyclic) bond motifs is 2. The lowest BCUT2D eigenvalue weighted by Crippen LogP contribution is -2.14. The molecule has 0 amide bonds. The van der Waals surface area contributed by atoms with Gasteiger partial charge in [0.25, 0.3) is 0 Å². The first-order valence-corrected chi connectivity index (χ1v) is 9.49. The Kier molecular flexibility index (Phi) is 3.47. The van der Waals surface area contributed by atoms with Gasteiger partial charge in [0.2, 0.25) is 5.95 Å². The van der Waals surface area contributed by atoms with E-state index in [-0.39, 0.29) is 0 Å². The molecule has 0 aliphatic heterocycles. The minimum absolute atomic E-state index is 0.417. The van der Waals surface area contributed by atoms with Crippen LogP contribution >= 0.6 is 0 Å². The maximum atomic E-state index is 4.87. The van der Waals surface area contributed by atoms with Gasteiger partial charge < -0.3 is 9.88 Å². The van der Waals surface area contributed by atoms with Crippen LogP contribution in [0.4, 0.5) is 5.95 Å². The van der Waals surface area contributed by atoms with Crippen molar-refractivity contribution in [2.45, 2.75) is 40.2 Å². The third kappa shape index (κ3) is 2.74. The smallest absolute Gasteiger partial charge is 0.241 e. The average Bonchev–Trinajstić information content (AvgIpc) is 3.13. The molecular formula is C20H23N7. The van der Waals surface area contributed by atoms with Crippen LogP contribution in [0.25, 0.3) is 27.9 Å². The van der Waals surface area contributed by atoms with Crippen molar-refractivity contribution >= 4 is 22.6 Å². The summed E-state index contributed by atoms with van der Waals surface area (Å²) >= 11 is 0. The molecule has 1 aliphatic rings. The molecule has 0 atom stereocenters. The molecule has 4 aromatic heterocycles. The van der Waals surface area contributed by atoms with E-state index >= 15 is 0 Å². The molecule has 4 aromatic rings. The molecule has 0 aromatic carbocycles. The summed E-state index contributed by atoms with van der Waals surface area (Å²) in [6.07, 6.45) is 6.38. The van der Waals surface area contributed by atoms with E-state index in [1.807, 2.05) is 42.0 Å². The Morgan fingerprint density at radius 2 is 2.04 bits per heavy atom. The van der Waals surface area contributed by atoms with Crippen LogP contribution in [-0.4, -0.2) is 35.7 Å². The summed E-state index contributed by atoms with van der Waals surface area (Å²) in [7, 11) is 0. The zero-order valence-corrected chi connectivity index (χ0v) is 15.9.